The molecule has 0 unspecified atom stereocenters. The first-order chi connectivity index (χ1) is 13.8. The summed E-state index contributed by atoms with van der Waals surface area (Å²) in [7, 11) is 2.61. The van der Waals surface area contributed by atoms with Crippen LogP contribution in [0.15, 0.2) is 45.4 Å². The van der Waals surface area contributed by atoms with E-state index < -0.39 is 23.3 Å². The molecule has 1 aromatic carbocycles. The molecule has 2 heterocycles. The highest BCUT2D eigenvalue weighted by atomic mass is 79.9. The fourth-order valence-electron chi connectivity index (χ4n) is 3.54. The second-order valence-electron chi connectivity index (χ2n) is 6.29. The molecule has 10 heteroatoms. The molecular weight excluding hydrogens is 448 g/mol. The number of carbonyl (C=O) groups excluding carboxylic acids is 3. The van der Waals surface area contributed by atoms with E-state index in [9.17, 15) is 14.4 Å². The number of esters is 3. The van der Waals surface area contributed by atoms with Crippen LogP contribution < -0.4 is 11.1 Å². The molecule has 0 aromatic heterocycles. The Labute approximate surface area is 174 Å². The molecule has 1 aromatic rings. The second-order valence-corrected chi connectivity index (χ2v) is 7.21. The highest BCUT2D eigenvalue weighted by Gasteiger charge is 2.62. The fraction of sp³-hybridized carbons (Fsp3) is 0.316. The van der Waals surface area contributed by atoms with Gasteiger partial charge in [0.1, 0.15) is 29.3 Å². The molecule has 3 rings (SSSR count). The Kier molecular flexibility index (Phi) is 5.67. The van der Waals surface area contributed by atoms with Crippen molar-refractivity contribution < 1.29 is 33.3 Å². The molecule has 0 saturated heterocycles. The number of rotatable bonds is 5. The van der Waals surface area contributed by atoms with Crippen LogP contribution in [-0.4, -0.2) is 45.3 Å². The van der Waals surface area contributed by atoms with Crippen molar-refractivity contribution >= 4 is 39.5 Å². The van der Waals surface area contributed by atoms with Crippen molar-refractivity contribution in [2.24, 2.45) is 5.73 Å². The zero-order valence-corrected chi connectivity index (χ0v) is 17.5. The molecule has 2 aliphatic heterocycles. The molecule has 0 radical (unpaired) electrons. The summed E-state index contributed by atoms with van der Waals surface area (Å²) in [5.41, 5.74) is 4.54. The van der Waals surface area contributed by atoms with Gasteiger partial charge in [-0.2, -0.15) is 0 Å². The number of benzene rings is 1. The molecule has 29 heavy (non-hydrogen) atoms. The highest BCUT2D eigenvalue weighted by molar-refractivity contribution is 9.10. The number of cyclic esters (lactones) is 1. The summed E-state index contributed by atoms with van der Waals surface area (Å²) < 4.78 is 21.0. The average molecular weight is 467 g/mol. The molecule has 0 saturated carbocycles. The standard InChI is InChI=1S/C19H19BrN2O7/c1-9-13(17(24)28-7-6-26-2)19(18(25)29-9)11-8-10(20)4-5-12(11)22-15(21)14(19)16(23)27-3/h4-5,8,22H,6-7,21H2,1-3H3/t19-/m1/s1. The van der Waals surface area contributed by atoms with Crippen LogP contribution in [-0.2, 0) is 38.7 Å². The molecule has 1 atom stereocenters. The van der Waals surface area contributed by atoms with Crippen molar-refractivity contribution in [1.82, 2.24) is 0 Å². The van der Waals surface area contributed by atoms with E-state index in [4.69, 9.17) is 24.7 Å². The van der Waals surface area contributed by atoms with Crippen LogP contribution in [0.25, 0.3) is 0 Å². The minimum atomic E-state index is -1.93. The molecule has 0 amide bonds. The van der Waals surface area contributed by atoms with Gasteiger partial charge >= 0.3 is 17.9 Å². The Morgan fingerprint density at radius 3 is 2.59 bits per heavy atom. The molecule has 0 bridgehead atoms. The Balaban J connectivity index is 2.31. The fourth-order valence-corrected chi connectivity index (χ4v) is 3.90. The lowest BCUT2D eigenvalue weighted by Crippen LogP contribution is -2.47. The zero-order chi connectivity index (χ0) is 21.3. The Morgan fingerprint density at radius 1 is 1.21 bits per heavy atom. The van der Waals surface area contributed by atoms with Crippen molar-refractivity contribution in [3.63, 3.8) is 0 Å². The lowest BCUT2D eigenvalue weighted by molar-refractivity contribution is -0.146. The Morgan fingerprint density at radius 2 is 1.93 bits per heavy atom. The maximum absolute atomic E-state index is 13.2. The van der Waals surface area contributed by atoms with Gasteiger partial charge in [0, 0.05) is 22.8 Å². The second kappa shape index (κ2) is 7.88. The molecule has 154 valence electrons. The summed E-state index contributed by atoms with van der Waals surface area (Å²) in [6.45, 7) is 1.56. The van der Waals surface area contributed by atoms with E-state index in [2.05, 4.69) is 21.2 Å². The number of ether oxygens (including phenoxy) is 4. The minimum absolute atomic E-state index is 0.0134. The van der Waals surface area contributed by atoms with Crippen LogP contribution in [0, 0.1) is 0 Å². The topological polar surface area (TPSA) is 126 Å². The number of hydrogen-bond donors (Lipinski definition) is 2. The maximum atomic E-state index is 13.2. The minimum Gasteiger partial charge on any atom is -0.466 e. The number of nitrogens with two attached hydrogens (primary N) is 1. The lowest BCUT2D eigenvalue weighted by atomic mass is 9.67. The first-order valence-corrected chi connectivity index (χ1v) is 9.33. The van der Waals surface area contributed by atoms with E-state index in [1.54, 1.807) is 18.2 Å². The number of halogens is 1. The molecule has 0 aliphatic carbocycles. The van der Waals surface area contributed by atoms with Crippen LogP contribution in [0.1, 0.15) is 12.5 Å². The van der Waals surface area contributed by atoms with E-state index in [-0.39, 0.29) is 35.9 Å². The zero-order valence-electron chi connectivity index (χ0n) is 16.0. The lowest BCUT2D eigenvalue weighted by Gasteiger charge is -2.36. The Hall–Kier alpha value is -2.85. The van der Waals surface area contributed by atoms with Gasteiger partial charge in [0.05, 0.1) is 13.7 Å². The number of nitrogens with one attached hydrogen (secondary N) is 1. The predicted octanol–water partition coefficient (Wildman–Crippen LogP) is 1.48. The van der Waals surface area contributed by atoms with Gasteiger partial charge in [-0.15, -0.1) is 0 Å². The summed E-state index contributed by atoms with van der Waals surface area (Å²) in [6, 6.07) is 5.00. The monoisotopic (exact) mass is 466 g/mol. The van der Waals surface area contributed by atoms with E-state index in [0.717, 1.165) is 7.11 Å². The van der Waals surface area contributed by atoms with Crippen LogP contribution in [0.5, 0.6) is 0 Å². The number of hydrogen-bond acceptors (Lipinski definition) is 9. The van der Waals surface area contributed by atoms with Gasteiger partial charge in [-0.1, -0.05) is 15.9 Å². The van der Waals surface area contributed by atoms with Gasteiger partial charge < -0.3 is 30.0 Å². The molecule has 3 N–H and O–H groups in total. The third kappa shape index (κ3) is 3.18. The third-order valence-electron chi connectivity index (χ3n) is 4.69. The summed E-state index contributed by atoms with van der Waals surface area (Å²) in [5.74, 6) is -2.67. The van der Waals surface area contributed by atoms with Gasteiger partial charge in [0.15, 0.2) is 5.41 Å². The van der Waals surface area contributed by atoms with Crippen molar-refractivity contribution in [3.8, 4) is 0 Å². The van der Waals surface area contributed by atoms with Crippen molar-refractivity contribution in [1.29, 1.82) is 0 Å². The number of carbonyl (C=O) groups is 3. The largest absolute Gasteiger partial charge is 0.466 e. The van der Waals surface area contributed by atoms with Gasteiger partial charge in [-0.3, -0.25) is 0 Å². The maximum Gasteiger partial charge on any atom is 0.339 e. The number of fused-ring (bicyclic) bond motifs is 2. The normalized spacial score (nSPS) is 20.3. The van der Waals surface area contributed by atoms with E-state index >= 15 is 0 Å². The SMILES string of the molecule is COCCOC(=O)C1=C(C)OC(=O)[C@@]12C(C(=O)OC)=C(N)Nc1ccc(Br)cc12. The van der Waals surface area contributed by atoms with Crippen LogP contribution >= 0.6 is 15.9 Å². The summed E-state index contributed by atoms with van der Waals surface area (Å²) in [4.78, 5) is 38.9. The quantitative estimate of drug-likeness (QED) is 0.376. The third-order valence-corrected chi connectivity index (χ3v) is 5.19. The highest BCUT2D eigenvalue weighted by Crippen LogP contribution is 2.53. The molecule has 9 nitrogen and oxygen atoms in total. The smallest absolute Gasteiger partial charge is 0.339 e. The molecule has 0 fully saturated rings. The van der Waals surface area contributed by atoms with Gasteiger partial charge in [0.2, 0.25) is 0 Å². The van der Waals surface area contributed by atoms with Gasteiger partial charge in [-0.25, -0.2) is 14.4 Å². The van der Waals surface area contributed by atoms with Gasteiger partial charge in [-0.05, 0) is 25.1 Å². The molecule has 1 spiro atoms. The van der Waals surface area contributed by atoms with E-state index in [0.29, 0.717) is 15.7 Å². The average Bonchev–Trinajstić information content (AvgIpc) is 2.93. The first-order valence-electron chi connectivity index (χ1n) is 8.54. The van der Waals surface area contributed by atoms with Crippen molar-refractivity contribution in [2.45, 2.75) is 12.3 Å². The summed E-state index contributed by atoms with van der Waals surface area (Å²) in [5, 5.41) is 2.88. The van der Waals surface area contributed by atoms with Gasteiger partial charge in [0.25, 0.3) is 0 Å². The van der Waals surface area contributed by atoms with Crippen LogP contribution in [0.4, 0.5) is 5.69 Å². The van der Waals surface area contributed by atoms with Crippen molar-refractivity contribution in [3.05, 3.63) is 51.0 Å². The summed E-state index contributed by atoms with van der Waals surface area (Å²) >= 11 is 3.36. The van der Waals surface area contributed by atoms with E-state index in [1.807, 2.05) is 0 Å². The van der Waals surface area contributed by atoms with Crippen LogP contribution in [0.3, 0.4) is 0 Å². The number of methoxy groups -OCH3 is 2. The number of anilines is 1. The van der Waals surface area contributed by atoms with Crippen molar-refractivity contribution in [2.75, 3.05) is 32.8 Å². The molecule has 2 aliphatic rings. The molecular formula is C19H19BrN2O7. The summed E-state index contributed by atoms with van der Waals surface area (Å²) in [6.07, 6.45) is 0. The van der Waals surface area contributed by atoms with E-state index in [1.165, 1.54) is 14.0 Å². The number of allylic oxidation sites excluding steroid dienone is 1. The first kappa shape index (κ1) is 20.9. The predicted molar refractivity (Wildman–Crippen MR) is 104 cm³/mol. The van der Waals surface area contributed by atoms with Crippen LogP contribution in [0.2, 0.25) is 0 Å². The Bertz CT molecular complexity index is 969.